The Kier molecular flexibility index (Phi) is 7.51. The van der Waals surface area contributed by atoms with Crippen LogP contribution < -0.4 is 0 Å². The lowest BCUT2D eigenvalue weighted by Crippen LogP contribution is -2.13. The van der Waals surface area contributed by atoms with Crippen molar-refractivity contribution < 1.29 is 19.1 Å². The molecule has 0 N–H and O–H groups in total. The van der Waals surface area contributed by atoms with Crippen molar-refractivity contribution in [2.45, 2.75) is 33.1 Å². The molecule has 2 atom stereocenters. The number of methoxy groups -OCH3 is 1. The van der Waals surface area contributed by atoms with E-state index in [9.17, 15) is 9.59 Å². The minimum atomic E-state index is -0.287. The molecule has 0 unspecified atom stereocenters. The van der Waals surface area contributed by atoms with Gasteiger partial charge in [0, 0.05) is 6.42 Å². The van der Waals surface area contributed by atoms with E-state index in [0.717, 1.165) is 12.8 Å². The van der Waals surface area contributed by atoms with Crippen LogP contribution in [0.2, 0.25) is 0 Å². The Bertz CT molecular complexity index is 441. The van der Waals surface area contributed by atoms with Gasteiger partial charge in [0.1, 0.15) is 0 Å². The predicted molar refractivity (Wildman–Crippen MR) is 80.9 cm³/mol. The van der Waals surface area contributed by atoms with Gasteiger partial charge in [-0.3, -0.25) is 4.79 Å². The fourth-order valence-electron chi connectivity index (χ4n) is 2.27. The summed E-state index contributed by atoms with van der Waals surface area (Å²) in [5.74, 6) is 0.209. The fourth-order valence-corrected chi connectivity index (χ4v) is 2.27. The van der Waals surface area contributed by atoms with Crippen molar-refractivity contribution in [1.82, 2.24) is 0 Å². The monoisotopic (exact) mass is 292 g/mol. The lowest BCUT2D eigenvalue weighted by molar-refractivity contribution is -0.141. The normalized spacial score (nSPS) is 13.3. The van der Waals surface area contributed by atoms with Gasteiger partial charge >= 0.3 is 11.9 Å². The fraction of sp³-hybridized carbons (Fsp3) is 0.529. The first-order valence-electron chi connectivity index (χ1n) is 7.32. The highest BCUT2D eigenvalue weighted by Gasteiger charge is 2.14. The molecular weight excluding hydrogens is 268 g/mol. The third kappa shape index (κ3) is 6.93. The molecule has 4 nitrogen and oxygen atoms in total. The van der Waals surface area contributed by atoms with Crippen molar-refractivity contribution in [3.8, 4) is 0 Å². The Labute approximate surface area is 126 Å². The molecule has 21 heavy (non-hydrogen) atoms. The zero-order valence-corrected chi connectivity index (χ0v) is 13.0. The summed E-state index contributed by atoms with van der Waals surface area (Å²) in [5, 5.41) is 0. The summed E-state index contributed by atoms with van der Waals surface area (Å²) in [6.07, 6.45) is 2.15. The van der Waals surface area contributed by atoms with E-state index in [-0.39, 0.29) is 17.9 Å². The number of benzene rings is 1. The molecule has 0 aliphatic carbocycles. The Morgan fingerprint density at radius 2 is 1.76 bits per heavy atom. The first-order chi connectivity index (χ1) is 10.0. The summed E-state index contributed by atoms with van der Waals surface area (Å²) in [7, 11) is 1.40. The van der Waals surface area contributed by atoms with Gasteiger partial charge in [0.25, 0.3) is 0 Å². The molecule has 1 aromatic rings. The Morgan fingerprint density at radius 1 is 1.10 bits per heavy atom. The molecule has 0 bridgehead atoms. The molecule has 0 aliphatic rings. The molecule has 116 valence electrons. The van der Waals surface area contributed by atoms with Gasteiger partial charge in [-0.15, -0.1) is 0 Å². The summed E-state index contributed by atoms with van der Waals surface area (Å²) >= 11 is 0. The van der Waals surface area contributed by atoms with Crippen LogP contribution in [-0.2, 0) is 14.3 Å². The van der Waals surface area contributed by atoms with Gasteiger partial charge in [0.2, 0.25) is 0 Å². The first-order valence-corrected chi connectivity index (χ1v) is 7.32. The Balaban J connectivity index is 2.23. The minimum absolute atomic E-state index is 0.176. The second-order valence-electron chi connectivity index (χ2n) is 5.52. The van der Waals surface area contributed by atoms with Gasteiger partial charge in [-0.2, -0.15) is 0 Å². The second kappa shape index (κ2) is 9.16. The van der Waals surface area contributed by atoms with Gasteiger partial charge in [0.15, 0.2) is 0 Å². The summed E-state index contributed by atoms with van der Waals surface area (Å²) in [6.45, 7) is 4.54. The molecule has 0 aliphatic heterocycles. The summed E-state index contributed by atoms with van der Waals surface area (Å²) in [6, 6.07) is 8.97. The van der Waals surface area contributed by atoms with E-state index in [1.54, 1.807) is 12.1 Å². The van der Waals surface area contributed by atoms with E-state index < -0.39 is 0 Å². The summed E-state index contributed by atoms with van der Waals surface area (Å²) in [5.41, 5.74) is 0.573. The maximum absolute atomic E-state index is 11.7. The van der Waals surface area contributed by atoms with Crippen LogP contribution in [0.25, 0.3) is 0 Å². The molecule has 0 heterocycles. The highest BCUT2D eigenvalue weighted by Crippen LogP contribution is 2.18. The number of esters is 2. The maximum atomic E-state index is 11.7. The SMILES string of the molecule is COC(=O)C[C@@H](C)C[C@@H](C)CCOC(=O)c1ccccc1. The average Bonchev–Trinajstić information content (AvgIpc) is 2.47. The molecule has 0 aromatic heterocycles. The van der Waals surface area contributed by atoms with Crippen LogP contribution in [0.15, 0.2) is 30.3 Å². The zero-order chi connectivity index (χ0) is 15.7. The quantitative estimate of drug-likeness (QED) is 0.689. The number of carbonyl (C=O) groups excluding carboxylic acids is 2. The van der Waals surface area contributed by atoms with Crippen molar-refractivity contribution in [1.29, 1.82) is 0 Å². The third-order valence-electron chi connectivity index (χ3n) is 3.40. The van der Waals surface area contributed by atoms with E-state index in [0.29, 0.717) is 24.5 Å². The van der Waals surface area contributed by atoms with Gasteiger partial charge in [-0.1, -0.05) is 32.0 Å². The Hall–Kier alpha value is -1.84. The Morgan fingerprint density at radius 3 is 2.38 bits per heavy atom. The smallest absolute Gasteiger partial charge is 0.338 e. The van der Waals surface area contributed by atoms with Crippen molar-refractivity contribution in [2.75, 3.05) is 13.7 Å². The van der Waals surface area contributed by atoms with E-state index in [1.165, 1.54) is 7.11 Å². The van der Waals surface area contributed by atoms with Crippen LogP contribution in [0.5, 0.6) is 0 Å². The number of carbonyl (C=O) groups is 2. The summed E-state index contributed by atoms with van der Waals surface area (Å²) < 4.78 is 9.91. The van der Waals surface area contributed by atoms with E-state index >= 15 is 0 Å². The minimum Gasteiger partial charge on any atom is -0.469 e. The third-order valence-corrected chi connectivity index (χ3v) is 3.40. The second-order valence-corrected chi connectivity index (χ2v) is 5.52. The van der Waals surface area contributed by atoms with Crippen molar-refractivity contribution in [3.63, 3.8) is 0 Å². The summed E-state index contributed by atoms with van der Waals surface area (Å²) in [4.78, 5) is 22.9. The van der Waals surface area contributed by atoms with E-state index in [4.69, 9.17) is 4.74 Å². The molecule has 0 spiro atoms. The first kappa shape index (κ1) is 17.2. The number of ether oxygens (including phenoxy) is 2. The van der Waals surface area contributed by atoms with Crippen molar-refractivity contribution >= 4 is 11.9 Å². The molecule has 0 saturated carbocycles. The topological polar surface area (TPSA) is 52.6 Å². The van der Waals surface area contributed by atoms with Crippen LogP contribution in [0.4, 0.5) is 0 Å². The molecule has 1 aromatic carbocycles. The average molecular weight is 292 g/mol. The van der Waals surface area contributed by atoms with Crippen molar-refractivity contribution in [3.05, 3.63) is 35.9 Å². The largest absolute Gasteiger partial charge is 0.469 e. The van der Waals surface area contributed by atoms with Gasteiger partial charge in [0.05, 0.1) is 19.3 Å². The van der Waals surface area contributed by atoms with Crippen LogP contribution in [0, 0.1) is 11.8 Å². The molecule has 4 heteroatoms. The molecule has 0 amide bonds. The van der Waals surface area contributed by atoms with Crippen LogP contribution in [0.3, 0.4) is 0 Å². The molecule has 0 saturated heterocycles. The van der Waals surface area contributed by atoms with E-state index in [2.05, 4.69) is 11.7 Å². The van der Waals surface area contributed by atoms with Gasteiger partial charge < -0.3 is 9.47 Å². The number of rotatable bonds is 8. The van der Waals surface area contributed by atoms with E-state index in [1.807, 2.05) is 25.1 Å². The highest BCUT2D eigenvalue weighted by molar-refractivity contribution is 5.89. The maximum Gasteiger partial charge on any atom is 0.338 e. The molecular formula is C17H24O4. The molecule has 1 rings (SSSR count). The molecule has 0 fully saturated rings. The predicted octanol–water partition coefficient (Wildman–Crippen LogP) is 3.46. The highest BCUT2D eigenvalue weighted by atomic mass is 16.5. The lowest BCUT2D eigenvalue weighted by Gasteiger charge is -2.16. The van der Waals surface area contributed by atoms with Crippen molar-refractivity contribution in [2.24, 2.45) is 11.8 Å². The lowest BCUT2D eigenvalue weighted by atomic mass is 9.93. The van der Waals surface area contributed by atoms with Gasteiger partial charge in [-0.25, -0.2) is 4.79 Å². The van der Waals surface area contributed by atoms with Crippen LogP contribution >= 0.6 is 0 Å². The standard InChI is InChI=1S/C17H24O4/c1-13(11-14(2)12-16(18)20-3)9-10-21-17(19)15-7-5-4-6-8-15/h4-8,13-14H,9-12H2,1-3H3/t13-,14-/m0/s1. The number of hydrogen-bond donors (Lipinski definition) is 0. The van der Waals surface area contributed by atoms with Crippen LogP contribution in [-0.4, -0.2) is 25.7 Å². The number of hydrogen-bond acceptors (Lipinski definition) is 4. The zero-order valence-electron chi connectivity index (χ0n) is 13.0. The van der Waals surface area contributed by atoms with Crippen LogP contribution in [0.1, 0.15) is 43.5 Å². The molecule has 0 radical (unpaired) electrons. The van der Waals surface area contributed by atoms with Gasteiger partial charge in [-0.05, 0) is 36.8 Å².